The second-order valence-corrected chi connectivity index (χ2v) is 6.33. The number of nitro groups is 1. The lowest BCUT2D eigenvalue weighted by molar-refractivity contribution is -0.384. The predicted octanol–water partition coefficient (Wildman–Crippen LogP) is 3.30. The molecule has 0 saturated carbocycles. The summed E-state index contributed by atoms with van der Waals surface area (Å²) in [6.07, 6.45) is 4.55. The first-order valence-electron chi connectivity index (χ1n) is 8.38. The number of hydrogen-bond donors (Lipinski definition) is 0. The maximum Gasteiger partial charge on any atom is 0.270 e. The Bertz CT molecular complexity index is 1140. The zero-order valence-corrected chi connectivity index (χ0v) is 14.4. The summed E-state index contributed by atoms with van der Waals surface area (Å²) in [5.74, 6) is -1.72. The largest absolute Gasteiger partial charge is 0.271 e. The van der Waals surface area contributed by atoms with E-state index in [4.69, 9.17) is 0 Å². The van der Waals surface area contributed by atoms with Crippen molar-refractivity contribution in [3.05, 3.63) is 82.6 Å². The van der Waals surface area contributed by atoms with Crippen LogP contribution in [-0.4, -0.2) is 29.5 Å². The number of nitrogens with zero attached hydrogens (tertiary/aromatic N) is 6. The molecule has 0 saturated heterocycles. The standard InChI is InChI=1S/C18H14F2N6O2/c19-14-1-3-16(17(20)6-14)13(9-25-11-21-10-22-25)8-24-7-12-5-15(26(27)28)2-4-18(12)23-24/h1-7,10-11,13H,8-9H2. The molecule has 0 radical (unpaired) electrons. The average molecular weight is 384 g/mol. The lowest BCUT2D eigenvalue weighted by atomic mass is 9.98. The third kappa shape index (κ3) is 3.56. The Morgan fingerprint density at radius 1 is 1.11 bits per heavy atom. The fraction of sp³-hybridized carbons (Fsp3) is 0.167. The molecular formula is C18H14F2N6O2. The maximum absolute atomic E-state index is 14.4. The van der Waals surface area contributed by atoms with Crippen LogP contribution < -0.4 is 0 Å². The van der Waals surface area contributed by atoms with E-state index in [0.29, 0.717) is 23.0 Å². The summed E-state index contributed by atoms with van der Waals surface area (Å²) >= 11 is 0. The van der Waals surface area contributed by atoms with E-state index in [0.717, 1.165) is 6.07 Å². The van der Waals surface area contributed by atoms with Gasteiger partial charge in [-0.1, -0.05) is 6.07 Å². The molecule has 0 aliphatic carbocycles. The van der Waals surface area contributed by atoms with Crippen LogP contribution in [0.4, 0.5) is 14.5 Å². The molecule has 2 aromatic heterocycles. The van der Waals surface area contributed by atoms with Crippen LogP contribution >= 0.6 is 0 Å². The van der Waals surface area contributed by atoms with Crippen molar-refractivity contribution in [1.29, 1.82) is 0 Å². The van der Waals surface area contributed by atoms with Crippen molar-refractivity contribution in [2.75, 3.05) is 0 Å². The van der Waals surface area contributed by atoms with Crippen LogP contribution in [0.2, 0.25) is 0 Å². The van der Waals surface area contributed by atoms with E-state index in [-0.39, 0.29) is 12.2 Å². The van der Waals surface area contributed by atoms with Crippen molar-refractivity contribution in [1.82, 2.24) is 24.5 Å². The monoisotopic (exact) mass is 384 g/mol. The molecule has 4 rings (SSSR count). The Morgan fingerprint density at radius 2 is 1.93 bits per heavy atom. The number of rotatable bonds is 6. The fourth-order valence-electron chi connectivity index (χ4n) is 3.14. The highest BCUT2D eigenvalue weighted by atomic mass is 19.1. The molecular weight excluding hydrogens is 370 g/mol. The minimum atomic E-state index is -0.655. The zero-order chi connectivity index (χ0) is 19.7. The second-order valence-electron chi connectivity index (χ2n) is 6.33. The van der Waals surface area contributed by atoms with E-state index < -0.39 is 22.5 Å². The topological polar surface area (TPSA) is 91.7 Å². The van der Waals surface area contributed by atoms with Gasteiger partial charge in [-0.05, 0) is 17.7 Å². The van der Waals surface area contributed by atoms with Gasteiger partial charge in [-0.2, -0.15) is 10.2 Å². The predicted molar refractivity (Wildman–Crippen MR) is 95.5 cm³/mol. The molecule has 0 aliphatic heterocycles. The van der Waals surface area contributed by atoms with Gasteiger partial charge in [-0.15, -0.1) is 0 Å². The molecule has 10 heteroatoms. The van der Waals surface area contributed by atoms with Crippen LogP contribution in [0.3, 0.4) is 0 Å². The molecule has 28 heavy (non-hydrogen) atoms. The smallest absolute Gasteiger partial charge is 0.270 e. The van der Waals surface area contributed by atoms with E-state index >= 15 is 0 Å². The molecule has 2 heterocycles. The Balaban J connectivity index is 1.68. The van der Waals surface area contributed by atoms with E-state index in [2.05, 4.69) is 15.2 Å². The van der Waals surface area contributed by atoms with Gasteiger partial charge >= 0.3 is 0 Å². The third-order valence-electron chi connectivity index (χ3n) is 4.43. The molecule has 142 valence electrons. The molecule has 4 aromatic rings. The van der Waals surface area contributed by atoms with Crippen LogP contribution in [-0.2, 0) is 13.1 Å². The molecule has 1 atom stereocenters. The highest BCUT2D eigenvalue weighted by molar-refractivity contribution is 5.80. The van der Waals surface area contributed by atoms with Crippen molar-refractivity contribution in [3.63, 3.8) is 0 Å². The molecule has 0 N–H and O–H groups in total. The Hall–Kier alpha value is -3.69. The van der Waals surface area contributed by atoms with Crippen LogP contribution in [0, 0.1) is 21.7 Å². The van der Waals surface area contributed by atoms with E-state index in [9.17, 15) is 18.9 Å². The van der Waals surface area contributed by atoms with Gasteiger partial charge in [0.15, 0.2) is 0 Å². The van der Waals surface area contributed by atoms with E-state index in [1.54, 1.807) is 21.6 Å². The number of aromatic nitrogens is 5. The molecule has 0 bridgehead atoms. The number of non-ortho nitro benzene ring substituents is 1. The summed E-state index contributed by atoms with van der Waals surface area (Å²) < 4.78 is 30.9. The Morgan fingerprint density at radius 3 is 2.64 bits per heavy atom. The maximum atomic E-state index is 14.4. The molecule has 1 unspecified atom stereocenters. The number of halogens is 2. The van der Waals surface area contributed by atoms with Crippen LogP contribution in [0.15, 0.2) is 55.2 Å². The number of hydrogen-bond acceptors (Lipinski definition) is 5. The zero-order valence-electron chi connectivity index (χ0n) is 14.4. The molecule has 0 amide bonds. The minimum Gasteiger partial charge on any atom is -0.271 e. The average Bonchev–Trinajstić information content (AvgIpc) is 3.29. The van der Waals surface area contributed by atoms with E-state index in [1.807, 2.05) is 0 Å². The number of nitro benzene ring substituents is 1. The van der Waals surface area contributed by atoms with Crippen molar-refractivity contribution in [2.24, 2.45) is 0 Å². The Kier molecular flexibility index (Phi) is 4.52. The lowest BCUT2D eigenvalue weighted by Crippen LogP contribution is -2.17. The van der Waals surface area contributed by atoms with Gasteiger partial charge in [0.05, 0.1) is 17.0 Å². The van der Waals surface area contributed by atoms with Crippen molar-refractivity contribution in [3.8, 4) is 0 Å². The molecule has 8 nitrogen and oxygen atoms in total. The highest BCUT2D eigenvalue weighted by Gasteiger charge is 2.20. The summed E-state index contributed by atoms with van der Waals surface area (Å²) in [5, 5.41) is 20.0. The van der Waals surface area contributed by atoms with Crippen molar-refractivity contribution in [2.45, 2.75) is 19.0 Å². The molecule has 0 aliphatic rings. The first kappa shape index (κ1) is 17.7. The van der Waals surface area contributed by atoms with Gasteiger partial charge in [0.2, 0.25) is 0 Å². The van der Waals surface area contributed by atoms with Crippen LogP contribution in [0.5, 0.6) is 0 Å². The molecule has 0 fully saturated rings. The summed E-state index contributed by atoms with van der Waals surface area (Å²) in [7, 11) is 0. The van der Waals surface area contributed by atoms with Gasteiger partial charge in [0.1, 0.15) is 24.3 Å². The fourth-order valence-corrected chi connectivity index (χ4v) is 3.14. The quantitative estimate of drug-likeness (QED) is 0.376. The second kappa shape index (κ2) is 7.14. The molecule has 2 aromatic carbocycles. The third-order valence-corrected chi connectivity index (χ3v) is 4.43. The van der Waals surface area contributed by atoms with E-state index in [1.165, 1.54) is 36.9 Å². The van der Waals surface area contributed by atoms with Gasteiger partial charge in [-0.25, -0.2) is 13.8 Å². The summed E-state index contributed by atoms with van der Waals surface area (Å²) in [6.45, 7) is 0.573. The number of benzene rings is 2. The van der Waals surface area contributed by atoms with Gasteiger partial charge in [0.25, 0.3) is 5.69 Å². The van der Waals surface area contributed by atoms with Crippen molar-refractivity contribution >= 4 is 16.6 Å². The van der Waals surface area contributed by atoms with Gasteiger partial charge in [-0.3, -0.25) is 19.5 Å². The summed E-state index contributed by atoms with van der Waals surface area (Å²) in [6, 6.07) is 7.83. The number of fused-ring (bicyclic) bond motifs is 1. The minimum absolute atomic E-state index is 0.0317. The first-order chi connectivity index (χ1) is 13.5. The summed E-state index contributed by atoms with van der Waals surface area (Å²) in [4.78, 5) is 14.4. The normalized spacial score (nSPS) is 12.4. The van der Waals surface area contributed by atoms with Crippen LogP contribution in [0.25, 0.3) is 10.9 Å². The summed E-state index contributed by atoms with van der Waals surface area (Å²) in [5.41, 5.74) is 0.878. The Labute approximate surface area is 157 Å². The lowest BCUT2D eigenvalue weighted by Gasteiger charge is -2.18. The highest BCUT2D eigenvalue weighted by Crippen LogP contribution is 2.25. The molecule has 0 spiro atoms. The first-order valence-corrected chi connectivity index (χ1v) is 8.38. The van der Waals surface area contributed by atoms with Gasteiger partial charge < -0.3 is 0 Å². The van der Waals surface area contributed by atoms with Crippen LogP contribution in [0.1, 0.15) is 11.5 Å². The van der Waals surface area contributed by atoms with Crippen molar-refractivity contribution < 1.29 is 13.7 Å². The SMILES string of the molecule is O=[N+]([O-])c1ccc2nn(CC(Cn3cncn3)c3ccc(F)cc3F)cc2c1. The van der Waals surface area contributed by atoms with Gasteiger partial charge in [0, 0.05) is 42.2 Å².